The van der Waals surface area contributed by atoms with E-state index in [0.29, 0.717) is 13.0 Å². The molecule has 1 aromatic carbocycles. The van der Waals surface area contributed by atoms with E-state index in [-0.39, 0.29) is 29.5 Å². The number of aryl methyl sites for hydroxylation is 2. The summed E-state index contributed by atoms with van der Waals surface area (Å²) in [5.74, 6) is 0.256. The molecular formula is C18H26N2O3S. The first kappa shape index (κ1) is 17.3. The molecule has 0 spiro atoms. The Bertz CT molecular complexity index is 730. The van der Waals surface area contributed by atoms with Gasteiger partial charge < -0.3 is 10.2 Å². The van der Waals surface area contributed by atoms with E-state index in [1.165, 1.54) is 17.5 Å². The minimum Gasteiger partial charge on any atom is -0.374 e. The van der Waals surface area contributed by atoms with Gasteiger partial charge in [-0.15, -0.1) is 0 Å². The number of sulfone groups is 1. The lowest BCUT2D eigenvalue weighted by Crippen LogP contribution is -2.47. The molecule has 0 radical (unpaired) electrons. The van der Waals surface area contributed by atoms with Crippen LogP contribution in [0.4, 0.5) is 5.69 Å². The number of amides is 1. The number of benzene rings is 1. The number of anilines is 1. The van der Waals surface area contributed by atoms with Crippen LogP contribution in [0, 0.1) is 0 Å². The summed E-state index contributed by atoms with van der Waals surface area (Å²) < 4.78 is 23.4. The van der Waals surface area contributed by atoms with Gasteiger partial charge in [0.05, 0.1) is 11.5 Å². The summed E-state index contributed by atoms with van der Waals surface area (Å²) in [7, 11) is -2.99. The van der Waals surface area contributed by atoms with Crippen LogP contribution in [0.25, 0.3) is 0 Å². The molecule has 0 unspecified atom stereocenters. The zero-order chi connectivity index (χ0) is 17.3. The average molecular weight is 350 g/mol. The molecule has 0 bridgehead atoms. The molecule has 1 amide bonds. The summed E-state index contributed by atoms with van der Waals surface area (Å²) in [6.45, 7) is 4.29. The first-order chi connectivity index (χ1) is 11.4. The predicted molar refractivity (Wildman–Crippen MR) is 96.0 cm³/mol. The highest BCUT2D eigenvalue weighted by molar-refractivity contribution is 7.91. The number of hydrogen-bond acceptors (Lipinski definition) is 4. The van der Waals surface area contributed by atoms with Gasteiger partial charge in [0, 0.05) is 18.3 Å². The number of hydrogen-bond donors (Lipinski definition) is 1. The highest BCUT2D eigenvalue weighted by Crippen LogP contribution is 2.25. The Balaban J connectivity index is 1.67. The molecule has 1 aliphatic carbocycles. The van der Waals surface area contributed by atoms with Gasteiger partial charge in [0.1, 0.15) is 6.04 Å². The average Bonchev–Trinajstić information content (AvgIpc) is 3.13. The Kier molecular flexibility index (Phi) is 4.85. The minimum atomic E-state index is -2.99. The third kappa shape index (κ3) is 3.58. The largest absolute Gasteiger partial charge is 0.374 e. The fourth-order valence-corrected chi connectivity index (χ4v) is 5.57. The molecular weight excluding hydrogens is 324 g/mol. The van der Waals surface area contributed by atoms with Crippen LogP contribution >= 0.6 is 0 Å². The quantitative estimate of drug-likeness (QED) is 0.882. The molecule has 1 heterocycles. The Labute approximate surface area is 144 Å². The summed E-state index contributed by atoms with van der Waals surface area (Å²) >= 11 is 0. The maximum Gasteiger partial charge on any atom is 0.245 e. The molecule has 1 fully saturated rings. The van der Waals surface area contributed by atoms with Crippen LogP contribution in [0.3, 0.4) is 0 Å². The highest BCUT2D eigenvalue weighted by atomic mass is 32.2. The van der Waals surface area contributed by atoms with E-state index in [9.17, 15) is 13.2 Å². The number of likely N-dealkylation sites (N-methyl/N-ethyl adjacent to an activating group) is 1. The van der Waals surface area contributed by atoms with E-state index >= 15 is 0 Å². The summed E-state index contributed by atoms with van der Waals surface area (Å²) in [5.41, 5.74) is 3.74. The van der Waals surface area contributed by atoms with Crippen molar-refractivity contribution >= 4 is 21.4 Å². The molecule has 132 valence electrons. The Morgan fingerprint density at radius 2 is 2.08 bits per heavy atom. The van der Waals surface area contributed by atoms with E-state index in [1.807, 2.05) is 19.9 Å². The van der Waals surface area contributed by atoms with Gasteiger partial charge in [-0.25, -0.2) is 8.42 Å². The van der Waals surface area contributed by atoms with E-state index < -0.39 is 9.84 Å². The van der Waals surface area contributed by atoms with Crippen LogP contribution in [0.15, 0.2) is 18.2 Å². The first-order valence-electron chi connectivity index (χ1n) is 8.79. The van der Waals surface area contributed by atoms with Crippen molar-refractivity contribution in [1.29, 1.82) is 0 Å². The van der Waals surface area contributed by atoms with Crippen LogP contribution in [-0.2, 0) is 27.5 Å². The van der Waals surface area contributed by atoms with E-state index in [1.54, 1.807) is 4.90 Å². The lowest BCUT2D eigenvalue weighted by atomic mass is 10.1. The van der Waals surface area contributed by atoms with Crippen molar-refractivity contribution < 1.29 is 13.2 Å². The highest BCUT2D eigenvalue weighted by Gasteiger charge is 2.35. The second-order valence-electron chi connectivity index (χ2n) is 6.88. The Morgan fingerprint density at radius 3 is 2.75 bits per heavy atom. The van der Waals surface area contributed by atoms with Crippen molar-refractivity contribution in [1.82, 2.24) is 4.90 Å². The second kappa shape index (κ2) is 6.75. The van der Waals surface area contributed by atoms with Gasteiger partial charge in [0.15, 0.2) is 9.84 Å². The smallest absolute Gasteiger partial charge is 0.245 e. The van der Waals surface area contributed by atoms with Crippen molar-refractivity contribution in [2.24, 2.45) is 0 Å². The SMILES string of the molecule is CCN(C(=O)[C@H](C)Nc1ccc2c(c1)CCC2)[C@@H]1CCS(=O)(=O)C1. The van der Waals surface area contributed by atoms with Crippen molar-refractivity contribution in [3.05, 3.63) is 29.3 Å². The van der Waals surface area contributed by atoms with Gasteiger partial charge in [0.2, 0.25) is 5.91 Å². The molecule has 1 aliphatic heterocycles. The van der Waals surface area contributed by atoms with Gasteiger partial charge in [-0.1, -0.05) is 6.07 Å². The topological polar surface area (TPSA) is 66.5 Å². The number of fused-ring (bicyclic) bond motifs is 1. The zero-order valence-electron chi connectivity index (χ0n) is 14.4. The normalized spacial score (nSPS) is 22.8. The minimum absolute atomic E-state index is 0.0277. The van der Waals surface area contributed by atoms with E-state index in [0.717, 1.165) is 18.5 Å². The van der Waals surface area contributed by atoms with Gasteiger partial charge in [-0.05, 0) is 62.8 Å². The van der Waals surface area contributed by atoms with Crippen molar-refractivity contribution in [2.45, 2.75) is 51.6 Å². The molecule has 0 saturated carbocycles. The Hall–Kier alpha value is -1.56. The summed E-state index contributed by atoms with van der Waals surface area (Å²) in [6, 6.07) is 5.76. The standard InChI is InChI=1S/C18H26N2O3S/c1-3-20(17-9-10-24(22,23)12-17)18(21)13(2)19-16-8-7-14-5-4-6-15(14)11-16/h7-8,11,13,17,19H,3-6,9-10,12H2,1-2H3/t13-,17+/m0/s1. The third-order valence-corrected chi connectivity index (χ3v) is 6.88. The number of nitrogens with zero attached hydrogens (tertiary/aromatic N) is 1. The molecule has 6 heteroatoms. The fraction of sp³-hybridized carbons (Fsp3) is 0.611. The molecule has 1 aromatic rings. The third-order valence-electron chi connectivity index (χ3n) is 5.13. The predicted octanol–water partition coefficient (Wildman–Crippen LogP) is 2.01. The van der Waals surface area contributed by atoms with Crippen LogP contribution in [0.2, 0.25) is 0 Å². The van der Waals surface area contributed by atoms with Gasteiger partial charge >= 0.3 is 0 Å². The van der Waals surface area contributed by atoms with Gasteiger partial charge in [0.25, 0.3) is 0 Å². The lowest BCUT2D eigenvalue weighted by Gasteiger charge is -2.30. The van der Waals surface area contributed by atoms with E-state index in [4.69, 9.17) is 0 Å². The number of carbonyl (C=O) groups is 1. The molecule has 5 nitrogen and oxygen atoms in total. The maximum atomic E-state index is 12.8. The van der Waals surface area contributed by atoms with E-state index in [2.05, 4.69) is 17.4 Å². The lowest BCUT2D eigenvalue weighted by molar-refractivity contribution is -0.133. The monoisotopic (exact) mass is 350 g/mol. The van der Waals surface area contributed by atoms with Crippen molar-refractivity contribution in [3.63, 3.8) is 0 Å². The molecule has 24 heavy (non-hydrogen) atoms. The van der Waals surface area contributed by atoms with Gasteiger partial charge in [-0.2, -0.15) is 0 Å². The number of rotatable bonds is 5. The molecule has 1 N–H and O–H groups in total. The molecule has 1 saturated heterocycles. The van der Waals surface area contributed by atoms with Crippen molar-refractivity contribution in [2.75, 3.05) is 23.4 Å². The van der Waals surface area contributed by atoms with Crippen LogP contribution in [0.5, 0.6) is 0 Å². The summed E-state index contributed by atoms with van der Waals surface area (Å²) in [5, 5.41) is 3.29. The molecule has 2 aliphatic rings. The summed E-state index contributed by atoms with van der Waals surface area (Å²) in [6.07, 6.45) is 4.00. The van der Waals surface area contributed by atoms with Crippen LogP contribution < -0.4 is 5.32 Å². The second-order valence-corrected chi connectivity index (χ2v) is 9.11. The molecule has 3 rings (SSSR count). The Morgan fingerprint density at radius 1 is 1.33 bits per heavy atom. The fourth-order valence-electron chi connectivity index (χ4n) is 3.84. The summed E-state index contributed by atoms with van der Waals surface area (Å²) in [4.78, 5) is 14.5. The van der Waals surface area contributed by atoms with Crippen LogP contribution in [-0.4, -0.2) is 49.4 Å². The molecule has 0 aromatic heterocycles. The first-order valence-corrected chi connectivity index (χ1v) is 10.6. The maximum absolute atomic E-state index is 12.8. The number of nitrogens with one attached hydrogen (secondary N) is 1. The van der Waals surface area contributed by atoms with Crippen LogP contribution in [0.1, 0.15) is 37.8 Å². The number of carbonyl (C=O) groups excluding carboxylic acids is 1. The van der Waals surface area contributed by atoms with Crippen molar-refractivity contribution in [3.8, 4) is 0 Å². The van der Waals surface area contributed by atoms with Gasteiger partial charge in [-0.3, -0.25) is 4.79 Å². The zero-order valence-corrected chi connectivity index (χ0v) is 15.2. The molecule has 2 atom stereocenters.